The van der Waals surface area contributed by atoms with Crippen LogP contribution in [0.1, 0.15) is 43.6 Å². The number of carbonyl (C=O) groups excluding carboxylic acids is 1. The summed E-state index contributed by atoms with van der Waals surface area (Å²) in [5.41, 5.74) is 2.05. The van der Waals surface area contributed by atoms with Crippen LogP contribution in [-0.2, 0) is 4.79 Å². The Balaban J connectivity index is 1.76. The average molecular weight is 316 g/mol. The number of benzene rings is 1. The lowest BCUT2D eigenvalue weighted by molar-refractivity contribution is -0.122. The maximum Gasteiger partial charge on any atom is 0.227 e. The Bertz CT molecular complexity index is 615. The third-order valence-electron chi connectivity index (χ3n) is 4.78. The van der Waals surface area contributed by atoms with Gasteiger partial charge in [0, 0.05) is 11.6 Å². The van der Waals surface area contributed by atoms with Crippen LogP contribution >= 0.6 is 12.2 Å². The third-order valence-corrected chi connectivity index (χ3v) is 4.89. The Morgan fingerprint density at radius 1 is 1.41 bits per heavy atom. The molecule has 0 unspecified atom stereocenters. The summed E-state index contributed by atoms with van der Waals surface area (Å²) >= 11 is 4.66. The molecule has 4 nitrogen and oxygen atoms in total. The number of carbonyl (C=O) groups is 1. The molecule has 1 aromatic rings. The van der Waals surface area contributed by atoms with E-state index in [0.717, 1.165) is 49.1 Å². The van der Waals surface area contributed by atoms with E-state index in [4.69, 9.17) is 4.74 Å². The molecule has 0 bridgehead atoms. The summed E-state index contributed by atoms with van der Waals surface area (Å²) in [7, 11) is 1.66. The standard InChI is InChI=1S/C17H20N2O2S/c1-21-14-5-6-16(19-17(20)11-3-2-4-11)15(9-14)12-7-13(8-12)18-10-22/h5-6,9,11-13H,2-4,7-8H2,1H3,(H,19,20). The fourth-order valence-electron chi connectivity index (χ4n) is 3.05. The highest BCUT2D eigenvalue weighted by molar-refractivity contribution is 7.78. The number of hydrogen-bond donors (Lipinski definition) is 1. The highest BCUT2D eigenvalue weighted by Crippen LogP contribution is 2.43. The van der Waals surface area contributed by atoms with Gasteiger partial charge in [0.05, 0.1) is 18.3 Å². The van der Waals surface area contributed by atoms with Crippen molar-refractivity contribution in [2.45, 2.75) is 44.1 Å². The van der Waals surface area contributed by atoms with Crippen molar-refractivity contribution in [1.82, 2.24) is 0 Å². The first-order valence-electron chi connectivity index (χ1n) is 7.77. The van der Waals surface area contributed by atoms with Crippen molar-refractivity contribution in [3.8, 4) is 5.75 Å². The van der Waals surface area contributed by atoms with Crippen molar-refractivity contribution < 1.29 is 9.53 Å². The molecular weight excluding hydrogens is 296 g/mol. The highest BCUT2D eigenvalue weighted by Gasteiger charge is 2.33. The van der Waals surface area contributed by atoms with E-state index >= 15 is 0 Å². The molecule has 1 aromatic carbocycles. The zero-order valence-corrected chi connectivity index (χ0v) is 13.5. The Hall–Kier alpha value is -1.71. The second-order valence-corrected chi connectivity index (χ2v) is 6.30. The van der Waals surface area contributed by atoms with Crippen LogP contribution in [0.4, 0.5) is 5.69 Å². The van der Waals surface area contributed by atoms with Crippen molar-refractivity contribution >= 4 is 29.0 Å². The number of nitrogens with zero attached hydrogens (tertiary/aromatic N) is 1. The van der Waals surface area contributed by atoms with Gasteiger partial charge in [-0.1, -0.05) is 6.42 Å². The van der Waals surface area contributed by atoms with E-state index < -0.39 is 0 Å². The van der Waals surface area contributed by atoms with E-state index in [2.05, 4.69) is 27.7 Å². The smallest absolute Gasteiger partial charge is 0.227 e. The molecule has 0 spiro atoms. The van der Waals surface area contributed by atoms with Crippen molar-refractivity contribution in [2.24, 2.45) is 10.9 Å². The molecule has 5 heteroatoms. The van der Waals surface area contributed by atoms with Crippen LogP contribution in [0.2, 0.25) is 0 Å². The first-order chi connectivity index (χ1) is 10.7. The summed E-state index contributed by atoms with van der Waals surface area (Å²) < 4.78 is 5.32. The number of rotatable bonds is 5. The van der Waals surface area contributed by atoms with Gasteiger partial charge in [-0.2, -0.15) is 0 Å². The zero-order chi connectivity index (χ0) is 15.5. The minimum absolute atomic E-state index is 0.144. The predicted molar refractivity (Wildman–Crippen MR) is 89.8 cm³/mol. The van der Waals surface area contributed by atoms with Crippen LogP contribution in [0.3, 0.4) is 0 Å². The molecule has 0 heterocycles. The summed E-state index contributed by atoms with van der Waals surface area (Å²) in [4.78, 5) is 16.3. The normalized spacial score (nSPS) is 23.7. The van der Waals surface area contributed by atoms with E-state index in [1.807, 2.05) is 18.2 Å². The highest BCUT2D eigenvalue weighted by atomic mass is 32.1. The summed E-state index contributed by atoms with van der Waals surface area (Å²) in [6.45, 7) is 0. The fourth-order valence-corrected chi connectivity index (χ4v) is 3.20. The molecule has 2 fully saturated rings. The number of ether oxygens (including phenoxy) is 1. The monoisotopic (exact) mass is 316 g/mol. The van der Waals surface area contributed by atoms with Gasteiger partial charge in [-0.3, -0.25) is 4.79 Å². The topological polar surface area (TPSA) is 50.7 Å². The molecule has 0 aromatic heterocycles. The minimum atomic E-state index is 0.144. The number of thiocarbonyl (C=S) groups is 1. The van der Waals surface area contributed by atoms with Crippen LogP contribution in [0.5, 0.6) is 5.75 Å². The third kappa shape index (κ3) is 3.06. The second-order valence-electron chi connectivity index (χ2n) is 6.11. The van der Waals surface area contributed by atoms with Crippen molar-refractivity contribution in [3.63, 3.8) is 0 Å². The summed E-state index contributed by atoms with van der Waals surface area (Å²) in [5, 5.41) is 5.55. The molecule has 0 atom stereocenters. The van der Waals surface area contributed by atoms with Crippen molar-refractivity contribution in [3.05, 3.63) is 23.8 Å². The van der Waals surface area contributed by atoms with Crippen LogP contribution < -0.4 is 10.1 Å². The Morgan fingerprint density at radius 3 is 2.77 bits per heavy atom. The van der Waals surface area contributed by atoms with Gasteiger partial charge >= 0.3 is 0 Å². The summed E-state index contributed by atoms with van der Waals surface area (Å²) in [5.74, 6) is 1.54. The molecule has 0 radical (unpaired) electrons. The molecular formula is C17H20N2O2S. The molecule has 1 amide bonds. The number of amides is 1. The van der Waals surface area contributed by atoms with Crippen LogP contribution in [0, 0.1) is 5.92 Å². The first kappa shape index (κ1) is 15.2. The van der Waals surface area contributed by atoms with Gasteiger partial charge in [-0.15, -0.1) is 0 Å². The van der Waals surface area contributed by atoms with E-state index in [1.54, 1.807) is 7.11 Å². The molecule has 2 aliphatic carbocycles. The van der Waals surface area contributed by atoms with E-state index in [0.29, 0.717) is 5.92 Å². The average Bonchev–Trinajstić information content (AvgIpc) is 2.41. The Morgan fingerprint density at radius 2 is 2.18 bits per heavy atom. The van der Waals surface area contributed by atoms with Crippen molar-refractivity contribution in [2.75, 3.05) is 12.4 Å². The second kappa shape index (κ2) is 6.59. The summed E-state index contributed by atoms with van der Waals surface area (Å²) in [6, 6.07) is 6.13. The van der Waals surface area contributed by atoms with Gasteiger partial charge in [-0.05, 0) is 67.6 Å². The van der Waals surface area contributed by atoms with Gasteiger partial charge in [0.2, 0.25) is 5.91 Å². The number of anilines is 1. The maximum atomic E-state index is 12.2. The summed E-state index contributed by atoms with van der Waals surface area (Å²) in [6.07, 6.45) is 5.07. The lowest BCUT2D eigenvalue weighted by Gasteiger charge is -2.34. The van der Waals surface area contributed by atoms with Gasteiger partial charge in [0.25, 0.3) is 0 Å². The fraction of sp³-hybridized carbons (Fsp3) is 0.529. The number of methoxy groups -OCH3 is 1. The van der Waals surface area contributed by atoms with E-state index in [1.165, 1.54) is 0 Å². The largest absolute Gasteiger partial charge is 0.497 e. The SMILES string of the molecule is COc1ccc(NC(=O)C2CCC2)c(C2CC(N=C=S)C2)c1. The molecule has 116 valence electrons. The molecule has 2 aliphatic rings. The van der Waals surface area contributed by atoms with Gasteiger partial charge in [0.1, 0.15) is 5.75 Å². The molecule has 0 aliphatic heterocycles. The lowest BCUT2D eigenvalue weighted by atomic mass is 9.75. The van der Waals surface area contributed by atoms with Gasteiger partial charge in [-0.25, -0.2) is 4.99 Å². The maximum absolute atomic E-state index is 12.2. The number of nitrogens with one attached hydrogen (secondary N) is 1. The number of hydrogen-bond acceptors (Lipinski definition) is 4. The lowest BCUT2D eigenvalue weighted by Crippen LogP contribution is -2.30. The zero-order valence-electron chi connectivity index (χ0n) is 12.7. The molecule has 0 saturated heterocycles. The Kier molecular flexibility index (Phi) is 4.55. The first-order valence-corrected chi connectivity index (χ1v) is 8.18. The van der Waals surface area contributed by atoms with Crippen LogP contribution in [0.25, 0.3) is 0 Å². The van der Waals surface area contributed by atoms with E-state index in [9.17, 15) is 4.79 Å². The molecule has 2 saturated carbocycles. The van der Waals surface area contributed by atoms with Crippen molar-refractivity contribution in [1.29, 1.82) is 0 Å². The number of aliphatic imine (C=N–C) groups is 1. The minimum Gasteiger partial charge on any atom is -0.497 e. The predicted octanol–water partition coefficient (Wildman–Crippen LogP) is 3.78. The van der Waals surface area contributed by atoms with Crippen LogP contribution in [0.15, 0.2) is 23.2 Å². The van der Waals surface area contributed by atoms with Crippen LogP contribution in [-0.4, -0.2) is 24.2 Å². The molecule has 1 N–H and O–H groups in total. The quantitative estimate of drug-likeness (QED) is 0.664. The molecule has 22 heavy (non-hydrogen) atoms. The molecule has 3 rings (SSSR count). The van der Waals surface area contributed by atoms with Gasteiger partial charge < -0.3 is 10.1 Å². The van der Waals surface area contributed by atoms with Gasteiger partial charge in [0.15, 0.2) is 0 Å². The Labute approximate surface area is 136 Å². The number of isothiocyanates is 1. The van der Waals surface area contributed by atoms with E-state index in [-0.39, 0.29) is 17.9 Å².